The molecule has 100 valence electrons. The largest absolute Gasteiger partial charge is 0.314 e. The molecule has 0 bridgehead atoms. The number of benzene rings is 1. The highest BCUT2D eigenvalue weighted by molar-refractivity contribution is 6.31. The van der Waals surface area contributed by atoms with E-state index in [2.05, 4.69) is 19.2 Å². The van der Waals surface area contributed by atoms with Crippen LogP contribution in [0.1, 0.15) is 32.3 Å². The van der Waals surface area contributed by atoms with Gasteiger partial charge in [-0.1, -0.05) is 31.5 Å². The van der Waals surface area contributed by atoms with Crippen LogP contribution in [0.3, 0.4) is 0 Å². The summed E-state index contributed by atoms with van der Waals surface area (Å²) in [7, 11) is 0. The summed E-state index contributed by atoms with van der Waals surface area (Å²) in [5, 5.41) is 4.08. The van der Waals surface area contributed by atoms with E-state index in [0.29, 0.717) is 34.9 Å². The molecule has 1 aromatic carbocycles. The molecule has 1 atom stereocenters. The summed E-state index contributed by atoms with van der Waals surface area (Å²) in [6.45, 7) is 5.33. The molecule has 18 heavy (non-hydrogen) atoms. The first-order valence-electron chi connectivity index (χ1n) is 6.74. The van der Waals surface area contributed by atoms with Crippen LogP contribution in [0.5, 0.6) is 0 Å². The molecule has 1 aliphatic carbocycles. The van der Waals surface area contributed by atoms with Crippen molar-refractivity contribution in [1.29, 1.82) is 0 Å². The Morgan fingerprint density at radius 2 is 2.11 bits per heavy atom. The summed E-state index contributed by atoms with van der Waals surface area (Å²) in [5.41, 5.74) is 0.662. The van der Waals surface area contributed by atoms with Crippen molar-refractivity contribution in [2.24, 2.45) is 11.8 Å². The van der Waals surface area contributed by atoms with Crippen LogP contribution in [-0.4, -0.2) is 12.6 Å². The molecule has 0 radical (unpaired) electrons. The maximum Gasteiger partial charge on any atom is 0.127 e. The molecule has 3 heteroatoms. The Labute approximate surface area is 114 Å². The second kappa shape index (κ2) is 6.03. The number of halogens is 2. The quantitative estimate of drug-likeness (QED) is 0.822. The highest BCUT2D eigenvalue weighted by Gasteiger charge is 2.24. The van der Waals surface area contributed by atoms with Gasteiger partial charge in [0.25, 0.3) is 0 Å². The highest BCUT2D eigenvalue weighted by atomic mass is 35.5. The fourth-order valence-corrected chi connectivity index (χ4v) is 2.38. The molecule has 1 unspecified atom stereocenters. The average Bonchev–Trinajstić information content (AvgIpc) is 3.11. The van der Waals surface area contributed by atoms with Crippen molar-refractivity contribution in [3.63, 3.8) is 0 Å². The maximum absolute atomic E-state index is 13.8. The third-order valence-electron chi connectivity index (χ3n) is 3.72. The molecule has 0 heterocycles. The smallest absolute Gasteiger partial charge is 0.127 e. The van der Waals surface area contributed by atoms with Crippen LogP contribution in [0.25, 0.3) is 0 Å². The van der Waals surface area contributed by atoms with Gasteiger partial charge in [0.1, 0.15) is 5.82 Å². The number of rotatable bonds is 6. The van der Waals surface area contributed by atoms with Crippen LogP contribution in [0, 0.1) is 17.7 Å². The van der Waals surface area contributed by atoms with Gasteiger partial charge in [0.15, 0.2) is 0 Å². The molecular weight excluding hydrogens is 249 g/mol. The van der Waals surface area contributed by atoms with Crippen LogP contribution < -0.4 is 5.32 Å². The van der Waals surface area contributed by atoms with Gasteiger partial charge >= 0.3 is 0 Å². The molecule has 0 aliphatic heterocycles. The predicted octanol–water partition coefficient (Wildman–Crippen LogP) is 4.05. The fourth-order valence-electron chi connectivity index (χ4n) is 2.14. The second-order valence-electron chi connectivity index (χ2n) is 5.59. The molecule has 0 saturated heterocycles. The van der Waals surface area contributed by atoms with Gasteiger partial charge in [-0.05, 0) is 49.8 Å². The van der Waals surface area contributed by atoms with Crippen molar-refractivity contribution < 1.29 is 4.39 Å². The van der Waals surface area contributed by atoms with Crippen molar-refractivity contribution in [2.45, 2.75) is 39.2 Å². The van der Waals surface area contributed by atoms with E-state index >= 15 is 0 Å². The van der Waals surface area contributed by atoms with E-state index in [-0.39, 0.29) is 5.82 Å². The van der Waals surface area contributed by atoms with Crippen LogP contribution in [0.15, 0.2) is 18.2 Å². The van der Waals surface area contributed by atoms with E-state index in [4.69, 9.17) is 11.6 Å². The summed E-state index contributed by atoms with van der Waals surface area (Å²) in [5.74, 6) is 0.770. The summed E-state index contributed by atoms with van der Waals surface area (Å²) >= 11 is 6.09. The Morgan fingerprint density at radius 3 is 2.67 bits per heavy atom. The third kappa shape index (κ3) is 3.69. The molecule has 1 aromatic rings. The Morgan fingerprint density at radius 1 is 1.39 bits per heavy atom. The van der Waals surface area contributed by atoms with Gasteiger partial charge in [0.2, 0.25) is 0 Å². The molecule has 2 rings (SSSR count). The normalized spacial score (nSPS) is 17.2. The van der Waals surface area contributed by atoms with Gasteiger partial charge in [0.05, 0.1) is 0 Å². The summed E-state index contributed by atoms with van der Waals surface area (Å²) < 4.78 is 13.8. The Bertz CT molecular complexity index is 381. The molecular formula is C15H21ClFN. The van der Waals surface area contributed by atoms with Crippen molar-refractivity contribution in [3.8, 4) is 0 Å². The van der Waals surface area contributed by atoms with Crippen molar-refractivity contribution in [1.82, 2.24) is 5.32 Å². The topological polar surface area (TPSA) is 12.0 Å². The molecule has 1 saturated carbocycles. The second-order valence-corrected chi connectivity index (χ2v) is 6.00. The minimum atomic E-state index is -0.181. The van der Waals surface area contributed by atoms with E-state index in [1.165, 1.54) is 18.9 Å². The zero-order chi connectivity index (χ0) is 13.1. The number of hydrogen-bond acceptors (Lipinski definition) is 1. The van der Waals surface area contributed by atoms with Crippen molar-refractivity contribution in [2.75, 3.05) is 6.54 Å². The van der Waals surface area contributed by atoms with Crippen molar-refractivity contribution in [3.05, 3.63) is 34.6 Å². The van der Waals surface area contributed by atoms with Crippen LogP contribution in [0.4, 0.5) is 4.39 Å². The van der Waals surface area contributed by atoms with Gasteiger partial charge in [-0.3, -0.25) is 0 Å². The highest BCUT2D eigenvalue weighted by Crippen LogP contribution is 2.26. The molecule has 1 fully saturated rings. The van der Waals surface area contributed by atoms with Gasteiger partial charge in [-0.15, -0.1) is 0 Å². The summed E-state index contributed by atoms with van der Waals surface area (Å²) in [6, 6.07) is 5.62. The zero-order valence-electron chi connectivity index (χ0n) is 11.0. The standard InChI is InChI=1S/C15H21ClFN/c1-10(2)11(9-18-12-6-7-12)8-13-14(16)4-3-5-15(13)17/h3-5,10-12,18H,6-9H2,1-2H3. The molecule has 0 aromatic heterocycles. The molecule has 1 nitrogen and oxygen atoms in total. The first kappa shape index (κ1) is 13.8. The SMILES string of the molecule is CC(C)C(CNC1CC1)Cc1c(F)cccc1Cl. The first-order valence-corrected chi connectivity index (χ1v) is 7.12. The minimum absolute atomic E-state index is 0.181. The van der Waals surface area contributed by atoms with E-state index < -0.39 is 0 Å². The van der Waals surface area contributed by atoms with Crippen LogP contribution in [-0.2, 0) is 6.42 Å². The summed E-state index contributed by atoms with van der Waals surface area (Å²) in [6.07, 6.45) is 3.28. The van der Waals surface area contributed by atoms with Crippen LogP contribution in [0.2, 0.25) is 5.02 Å². The molecule has 1 aliphatic rings. The van der Waals surface area contributed by atoms with E-state index in [9.17, 15) is 4.39 Å². The number of hydrogen-bond donors (Lipinski definition) is 1. The average molecular weight is 270 g/mol. The van der Waals surface area contributed by atoms with E-state index in [1.807, 2.05) is 0 Å². The zero-order valence-corrected chi connectivity index (χ0v) is 11.8. The monoisotopic (exact) mass is 269 g/mol. The van der Waals surface area contributed by atoms with E-state index in [0.717, 1.165) is 6.54 Å². The van der Waals surface area contributed by atoms with Gasteiger partial charge in [0, 0.05) is 16.6 Å². The lowest BCUT2D eigenvalue weighted by atomic mass is 9.89. The lowest BCUT2D eigenvalue weighted by Gasteiger charge is -2.22. The van der Waals surface area contributed by atoms with Gasteiger partial charge in [-0.25, -0.2) is 4.39 Å². The van der Waals surface area contributed by atoms with Gasteiger partial charge < -0.3 is 5.32 Å². The van der Waals surface area contributed by atoms with Crippen molar-refractivity contribution >= 4 is 11.6 Å². The molecule has 1 N–H and O–H groups in total. The maximum atomic E-state index is 13.8. The van der Waals surface area contributed by atoms with Crippen LogP contribution >= 0.6 is 11.6 Å². The predicted molar refractivity (Wildman–Crippen MR) is 74.5 cm³/mol. The first-order chi connectivity index (χ1) is 8.58. The Kier molecular flexibility index (Phi) is 4.63. The molecule has 0 spiro atoms. The summed E-state index contributed by atoms with van der Waals surface area (Å²) in [4.78, 5) is 0. The minimum Gasteiger partial charge on any atom is -0.314 e. The fraction of sp³-hybridized carbons (Fsp3) is 0.600. The molecule has 0 amide bonds. The number of nitrogens with one attached hydrogen (secondary N) is 1. The Hall–Kier alpha value is -0.600. The third-order valence-corrected chi connectivity index (χ3v) is 4.07. The van der Waals surface area contributed by atoms with Gasteiger partial charge in [-0.2, -0.15) is 0 Å². The lowest BCUT2D eigenvalue weighted by Crippen LogP contribution is -2.29. The Balaban J connectivity index is 2.02. The van der Waals surface area contributed by atoms with E-state index in [1.54, 1.807) is 12.1 Å². The lowest BCUT2D eigenvalue weighted by molar-refractivity contribution is 0.355.